The molecule has 6 nitrogen and oxygen atoms in total. The number of nitrogens with one attached hydrogen (secondary N) is 2. The van der Waals surface area contributed by atoms with Crippen LogP contribution in [0.15, 0.2) is 60.3 Å². The molecule has 1 aliphatic heterocycles. The molecule has 6 heteroatoms. The lowest BCUT2D eigenvalue weighted by Crippen LogP contribution is -2.37. The van der Waals surface area contributed by atoms with E-state index >= 15 is 0 Å². The molecule has 3 rings (SSSR count). The first-order chi connectivity index (χ1) is 12.0. The Morgan fingerprint density at radius 2 is 1.84 bits per heavy atom. The van der Waals surface area contributed by atoms with Crippen LogP contribution in [0.3, 0.4) is 0 Å². The highest BCUT2D eigenvalue weighted by atomic mass is 16.6. The fourth-order valence-corrected chi connectivity index (χ4v) is 2.45. The molecule has 2 aromatic rings. The Labute approximate surface area is 145 Å². The second-order valence-corrected chi connectivity index (χ2v) is 5.68. The van der Waals surface area contributed by atoms with Crippen LogP contribution in [0.1, 0.15) is 22.8 Å². The minimum Gasteiger partial charge on any atom is -0.507 e. The van der Waals surface area contributed by atoms with E-state index in [1.165, 1.54) is 0 Å². The Morgan fingerprint density at radius 3 is 2.48 bits per heavy atom. The molecule has 1 aliphatic rings. The van der Waals surface area contributed by atoms with Crippen LogP contribution in [0.4, 0.5) is 0 Å². The molecule has 2 aromatic carbocycles. The number of hydrogen-bond acceptors (Lipinski definition) is 5. The van der Waals surface area contributed by atoms with Crippen LogP contribution < -0.4 is 10.6 Å². The quantitative estimate of drug-likeness (QED) is 0.743. The third-order valence-electron chi connectivity index (χ3n) is 3.81. The van der Waals surface area contributed by atoms with Gasteiger partial charge < -0.3 is 15.2 Å². The molecule has 0 spiro atoms. The van der Waals surface area contributed by atoms with Crippen molar-refractivity contribution in [3.8, 4) is 5.75 Å². The summed E-state index contributed by atoms with van der Waals surface area (Å²) in [6.45, 7) is 1.68. The lowest BCUT2D eigenvalue weighted by Gasteiger charge is -2.16. The van der Waals surface area contributed by atoms with Gasteiger partial charge in [0.1, 0.15) is 11.8 Å². The van der Waals surface area contributed by atoms with E-state index in [4.69, 9.17) is 4.74 Å². The highest BCUT2D eigenvalue weighted by Crippen LogP contribution is 2.21. The number of carbonyl (C=O) groups excluding carboxylic acids is 2. The lowest BCUT2D eigenvalue weighted by atomic mass is 10.1. The van der Waals surface area contributed by atoms with Crippen LogP contribution in [-0.2, 0) is 9.53 Å². The highest BCUT2D eigenvalue weighted by molar-refractivity contribution is 5.96. The molecule has 3 N–H and O–H groups in total. The zero-order valence-electron chi connectivity index (χ0n) is 13.6. The van der Waals surface area contributed by atoms with Crippen molar-refractivity contribution < 1.29 is 19.4 Å². The molecule has 1 amide bonds. The number of phenols is 1. The van der Waals surface area contributed by atoms with Crippen molar-refractivity contribution in [2.24, 2.45) is 0 Å². The predicted molar refractivity (Wildman–Crippen MR) is 92.5 cm³/mol. The number of rotatable bonds is 4. The number of carbonyl (C=O) groups is 2. The number of phenolic OH excluding ortho intramolecular Hbond substituents is 1. The monoisotopic (exact) mass is 338 g/mol. The van der Waals surface area contributed by atoms with Gasteiger partial charge in [0.2, 0.25) is 0 Å². The molecule has 0 saturated carbocycles. The summed E-state index contributed by atoms with van der Waals surface area (Å²) < 4.78 is 5.27. The topological polar surface area (TPSA) is 87.7 Å². The van der Waals surface area contributed by atoms with E-state index in [0.29, 0.717) is 16.8 Å². The van der Waals surface area contributed by atoms with Gasteiger partial charge in [0.25, 0.3) is 5.91 Å². The summed E-state index contributed by atoms with van der Waals surface area (Å²) in [5, 5.41) is 15.7. The van der Waals surface area contributed by atoms with Gasteiger partial charge in [-0.15, -0.1) is 0 Å². The first-order valence-corrected chi connectivity index (χ1v) is 7.87. The number of amides is 1. The maximum absolute atomic E-state index is 12.5. The molecule has 1 heterocycles. The Hall–Kier alpha value is -3.12. The summed E-state index contributed by atoms with van der Waals surface area (Å²) in [5.74, 6) is -0.673. The summed E-state index contributed by atoms with van der Waals surface area (Å²) >= 11 is 0. The van der Waals surface area contributed by atoms with Gasteiger partial charge >= 0.3 is 5.97 Å². The summed E-state index contributed by atoms with van der Waals surface area (Å²) in [5.41, 5.74) is 1.32. The van der Waals surface area contributed by atoms with Crippen LogP contribution in [0, 0.1) is 0 Å². The second kappa shape index (κ2) is 7.19. The van der Waals surface area contributed by atoms with Crippen molar-refractivity contribution in [1.82, 2.24) is 10.6 Å². The fraction of sp³-hybridized carbons (Fsp3) is 0.158. The molecule has 0 radical (unpaired) electrons. The van der Waals surface area contributed by atoms with E-state index < -0.39 is 18.2 Å². The van der Waals surface area contributed by atoms with Gasteiger partial charge in [0.15, 0.2) is 6.23 Å². The van der Waals surface area contributed by atoms with Gasteiger partial charge in [0.05, 0.1) is 5.70 Å². The summed E-state index contributed by atoms with van der Waals surface area (Å²) in [6, 6.07) is 14.9. The third kappa shape index (κ3) is 3.87. The number of esters is 1. The Morgan fingerprint density at radius 1 is 1.16 bits per heavy atom. The summed E-state index contributed by atoms with van der Waals surface area (Å²) in [7, 11) is 0. The van der Waals surface area contributed by atoms with Crippen molar-refractivity contribution in [3.63, 3.8) is 0 Å². The Balaban J connectivity index is 1.91. The van der Waals surface area contributed by atoms with Crippen LogP contribution in [0.5, 0.6) is 5.75 Å². The SMILES string of the molecule is CC1NC(C(=Cc2ccccc2O)NC(=O)c2ccccc2)OC1=O. The van der Waals surface area contributed by atoms with Gasteiger partial charge in [-0.3, -0.25) is 14.9 Å². The average Bonchev–Trinajstić information content (AvgIpc) is 2.96. The molecular formula is C19H18N2O4. The molecule has 0 aliphatic carbocycles. The van der Waals surface area contributed by atoms with E-state index in [0.717, 1.165) is 0 Å². The van der Waals surface area contributed by atoms with Gasteiger partial charge in [-0.2, -0.15) is 0 Å². The summed E-state index contributed by atoms with van der Waals surface area (Å²) in [6.07, 6.45) is 0.786. The molecule has 2 atom stereocenters. The van der Waals surface area contributed by atoms with Gasteiger partial charge in [-0.25, -0.2) is 0 Å². The normalized spacial score (nSPS) is 20.2. The number of aromatic hydroxyl groups is 1. The van der Waals surface area contributed by atoms with E-state index in [1.807, 2.05) is 6.07 Å². The largest absolute Gasteiger partial charge is 0.507 e. The molecule has 1 fully saturated rings. The number of hydrogen-bond donors (Lipinski definition) is 3. The van der Waals surface area contributed by atoms with Crippen molar-refractivity contribution in [2.75, 3.05) is 0 Å². The highest BCUT2D eigenvalue weighted by Gasteiger charge is 2.33. The molecule has 128 valence electrons. The lowest BCUT2D eigenvalue weighted by molar-refractivity contribution is -0.141. The van der Waals surface area contributed by atoms with Crippen LogP contribution in [0.25, 0.3) is 6.08 Å². The first-order valence-electron chi connectivity index (χ1n) is 7.87. The summed E-state index contributed by atoms with van der Waals surface area (Å²) in [4.78, 5) is 24.2. The molecule has 0 aromatic heterocycles. The number of cyclic esters (lactones) is 1. The molecule has 1 saturated heterocycles. The molecule has 0 bridgehead atoms. The van der Waals surface area contributed by atoms with E-state index in [-0.39, 0.29) is 11.7 Å². The maximum Gasteiger partial charge on any atom is 0.324 e. The second-order valence-electron chi connectivity index (χ2n) is 5.68. The van der Waals surface area contributed by atoms with Crippen molar-refractivity contribution in [3.05, 3.63) is 71.4 Å². The maximum atomic E-state index is 12.5. The van der Waals surface area contributed by atoms with E-state index in [9.17, 15) is 14.7 Å². The smallest absolute Gasteiger partial charge is 0.324 e. The zero-order valence-corrected chi connectivity index (χ0v) is 13.6. The van der Waals surface area contributed by atoms with Crippen molar-refractivity contribution in [2.45, 2.75) is 19.2 Å². The third-order valence-corrected chi connectivity index (χ3v) is 3.81. The van der Waals surface area contributed by atoms with Gasteiger partial charge in [-0.05, 0) is 31.2 Å². The first kappa shape index (κ1) is 16.7. The number of benzene rings is 2. The number of ether oxygens (including phenoxy) is 1. The minimum atomic E-state index is -0.797. The van der Waals surface area contributed by atoms with Gasteiger partial charge in [0, 0.05) is 11.1 Å². The number of para-hydroxylation sites is 1. The fourth-order valence-electron chi connectivity index (χ4n) is 2.45. The van der Waals surface area contributed by atoms with Crippen LogP contribution >= 0.6 is 0 Å². The molecule has 25 heavy (non-hydrogen) atoms. The van der Waals surface area contributed by atoms with Crippen molar-refractivity contribution >= 4 is 18.0 Å². The Bertz CT molecular complexity index is 817. The molecule has 2 unspecified atom stereocenters. The molecular weight excluding hydrogens is 320 g/mol. The van der Waals surface area contributed by atoms with E-state index in [1.54, 1.807) is 61.5 Å². The average molecular weight is 338 g/mol. The van der Waals surface area contributed by atoms with E-state index in [2.05, 4.69) is 10.6 Å². The Kier molecular flexibility index (Phi) is 4.81. The zero-order chi connectivity index (χ0) is 17.8. The van der Waals surface area contributed by atoms with Crippen molar-refractivity contribution in [1.29, 1.82) is 0 Å². The minimum absolute atomic E-state index is 0.0614. The van der Waals surface area contributed by atoms with Gasteiger partial charge in [-0.1, -0.05) is 36.4 Å². The standard InChI is InChI=1S/C19H18N2O4/c1-12-19(24)25-18(20-12)15(11-14-9-5-6-10-16(14)22)21-17(23)13-7-3-2-4-8-13/h2-12,18,20,22H,1H3,(H,21,23). The van der Waals surface area contributed by atoms with Crippen LogP contribution in [0.2, 0.25) is 0 Å². The predicted octanol–water partition coefficient (Wildman–Crippen LogP) is 2.02. The van der Waals surface area contributed by atoms with Crippen LogP contribution in [-0.4, -0.2) is 29.3 Å².